The van der Waals surface area contributed by atoms with Crippen molar-refractivity contribution in [2.45, 2.75) is 20.0 Å². The Bertz CT molecular complexity index is 785. The molecule has 0 aliphatic carbocycles. The Kier molecular flexibility index (Phi) is 3.84. The number of aryl methyl sites for hydroxylation is 1. The maximum absolute atomic E-state index is 13.6. The summed E-state index contributed by atoms with van der Waals surface area (Å²) >= 11 is 1.62. The second-order valence-corrected chi connectivity index (χ2v) is 5.67. The van der Waals surface area contributed by atoms with Crippen LogP contribution in [0.25, 0.3) is 10.2 Å². The van der Waals surface area contributed by atoms with E-state index in [4.69, 9.17) is 4.74 Å². The normalized spacial score (nSPS) is 11.0. The summed E-state index contributed by atoms with van der Waals surface area (Å²) in [5, 5.41) is 1.06. The van der Waals surface area contributed by atoms with Crippen molar-refractivity contribution < 1.29 is 13.5 Å². The van der Waals surface area contributed by atoms with Gasteiger partial charge in [0.15, 0.2) is 11.6 Å². The Hall–Kier alpha value is -2.01. The van der Waals surface area contributed by atoms with E-state index in [0.717, 1.165) is 33.3 Å². The van der Waals surface area contributed by atoms with Gasteiger partial charge in [0.25, 0.3) is 0 Å². The second-order valence-electron chi connectivity index (χ2n) is 4.59. The van der Waals surface area contributed by atoms with E-state index in [1.54, 1.807) is 11.3 Å². The molecule has 0 aliphatic heterocycles. The fraction of sp³-hybridized carbons (Fsp3) is 0.188. The molecule has 0 fully saturated rings. The summed E-state index contributed by atoms with van der Waals surface area (Å²) in [6.07, 6.45) is 0.881. The number of halogens is 2. The number of aromatic nitrogens is 1. The molecule has 0 atom stereocenters. The van der Waals surface area contributed by atoms with Crippen LogP contribution in [0, 0.1) is 11.6 Å². The first-order valence-corrected chi connectivity index (χ1v) is 7.44. The van der Waals surface area contributed by atoms with E-state index >= 15 is 0 Å². The summed E-state index contributed by atoms with van der Waals surface area (Å²) in [5.74, 6) is -1.26. The SMILES string of the molecule is CCc1nc2cccc(COc3ccc(F)cc3F)c2s1. The average Bonchev–Trinajstić information content (AvgIpc) is 2.90. The summed E-state index contributed by atoms with van der Waals surface area (Å²) in [6.45, 7) is 2.28. The lowest BCUT2D eigenvalue weighted by atomic mass is 10.2. The third-order valence-electron chi connectivity index (χ3n) is 3.12. The number of ether oxygens (including phenoxy) is 1. The topological polar surface area (TPSA) is 22.1 Å². The van der Waals surface area contributed by atoms with Gasteiger partial charge in [-0.15, -0.1) is 11.3 Å². The van der Waals surface area contributed by atoms with Crippen molar-refractivity contribution >= 4 is 21.6 Å². The van der Waals surface area contributed by atoms with E-state index in [-0.39, 0.29) is 12.4 Å². The first-order chi connectivity index (χ1) is 10.2. The van der Waals surface area contributed by atoms with Crippen molar-refractivity contribution in [1.82, 2.24) is 4.98 Å². The molecule has 0 aliphatic rings. The number of hydrogen-bond donors (Lipinski definition) is 0. The Morgan fingerprint density at radius 3 is 2.81 bits per heavy atom. The lowest BCUT2D eigenvalue weighted by Crippen LogP contribution is -1.98. The van der Waals surface area contributed by atoms with Crippen molar-refractivity contribution in [2.75, 3.05) is 0 Å². The molecule has 3 aromatic rings. The highest BCUT2D eigenvalue weighted by Crippen LogP contribution is 2.27. The number of fused-ring (bicyclic) bond motifs is 1. The van der Waals surface area contributed by atoms with Crippen molar-refractivity contribution in [3.8, 4) is 5.75 Å². The average molecular weight is 305 g/mol. The first-order valence-electron chi connectivity index (χ1n) is 6.62. The first kappa shape index (κ1) is 13.9. The lowest BCUT2D eigenvalue weighted by Gasteiger charge is -2.07. The third-order valence-corrected chi connectivity index (χ3v) is 4.41. The Balaban J connectivity index is 1.86. The number of hydrogen-bond acceptors (Lipinski definition) is 3. The quantitative estimate of drug-likeness (QED) is 0.696. The molecule has 108 valence electrons. The molecule has 0 saturated carbocycles. The summed E-state index contributed by atoms with van der Waals surface area (Å²) in [6, 6.07) is 9.09. The van der Waals surface area contributed by atoms with E-state index < -0.39 is 11.6 Å². The molecule has 0 radical (unpaired) electrons. The Morgan fingerprint density at radius 1 is 1.19 bits per heavy atom. The number of benzene rings is 2. The maximum atomic E-state index is 13.6. The molecule has 0 spiro atoms. The predicted molar refractivity (Wildman–Crippen MR) is 79.7 cm³/mol. The number of rotatable bonds is 4. The molecular weight excluding hydrogens is 292 g/mol. The van der Waals surface area contributed by atoms with Crippen LogP contribution < -0.4 is 4.74 Å². The van der Waals surface area contributed by atoms with Crippen molar-refractivity contribution in [3.63, 3.8) is 0 Å². The largest absolute Gasteiger partial charge is 0.486 e. The van der Waals surface area contributed by atoms with Crippen LogP contribution in [-0.2, 0) is 13.0 Å². The molecule has 21 heavy (non-hydrogen) atoms. The van der Waals surface area contributed by atoms with Crippen molar-refractivity contribution in [3.05, 3.63) is 58.6 Å². The van der Waals surface area contributed by atoms with Crippen LogP contribution in [0.1, 0.15) is 17.5 Å². The van der Waals surface area contributed by atoms with Crippen LogP contribution in [-0.4, -0.2) is 4.98 Å². The zero-order valence-corrected chi connectivity index (χ0v) is 12.2. The van der Waals surface area contributed by atoms with Crippen LogP contribution in [0.2, 0.25) is 0 Å². The van der Waals surface area contributed by atoms with Gasteiger partial charge >= 0.3 is 0 Å². The highest BCUT2D eigenvalue weighted by molar-refractivity contribution is 7.18. The molecule has 1 aromatic heterocycles. The van der Waals surface area contributed by atoms with E-state index in [0.29, 0.717) is 0 Å². The second kappa shape index (κ2) is 5.77. The maximum Gasteiger partial charge on any atom is 0.167 e. The molecule has 2 nitrogen and oxygen atoms in total. The minimum atomic E-state index is -0.694. The van der Waals surface area contributed by atoms with Gasteiger partial charge in [-0.2, -0.15) is 0 Å². The van der Waals surface area contributed by atoms with Gasteiger partial charge in [0.1, 0.15) is 12.4 Å². The molecule has 1 heterocycles. The molecular formula is C16H13F2NOS. The fourth-order valence-corrected chi connectivity index (χ4v) is 3.07. The van der Waals surface area contributed by atoms with Crippen LogP contribution in [0.15, 0.2) is 36.4 Å². The fourth-order valence-electron chi connectivity index (χ4n) is 2.06. The molecule has 3 rings (SSSR count). The minimum Gasteiger partial charge on any atom is -0.486 e. The van der Waals surface area contributed by atoms with Gasteiger partial charge in [-0.05, 0) is 24.6 Å². The molecule has 0 unspecified atom stereocenters. The van der Waals surface area contributed by atoms with Crippen LogP contribution in [0.4, 0.5) is 8.78 Å². The highest BCUT2D eigenvalue weighted by atomic mass is 32.1. The van der Waals surface area contributed by atoms with E-state index in [2.05, 4.69) is 11.9 Å². The molecule has 0 N–H and O–H groups in total. The van der Waals surface area contributed by atoms with Crippen LogP contribution in [0.5, 0.6) is 5.75 Å². The third kappa shape index (κ3) is 2.88. The zero-order valence-electron chi connectivity index (χ0n) is 11.4. The molecule has 2 aromatic carbocycles. The predicted octanol–water partition coefficient (Wildman–Crippen LogP) is 4.72. The summed E-state index contributed by atoms with van der Waals surface area (Å²) in [5.41, 5.74) is 1.88. The van der Waals surface area contributed by atoms with Gasteiger partial charge in [0.2, 0.25) is 0 Å². The molecule has 0 amide bonds. The molecule has 0 saturated heterocycles. The minimum absolute atomic E-state index is 0.0497. The van der Waals surface area contributed by atoms with Crippen LogP contribution >= 0.6 is 11.3 Å². The monoisotopic (exact) mass is 305 g/mol. The smallest absolute Gasteiger partial charge is 0.167 e. The number of nitrogens with zero attached hydrogens (tertiary/aromatic N) is 1. The molecule has 5 heteroatoms. The molecule has 0 bridgehead atoms. The lowest BCUT2D eigenvalue weighted by molar-refractivity contribution is 0.291. The summed E-state index contributed by atoms with van der Waals surface area (Å²) in [7, 11) is 0. The standard InChI is InChI=1S/C16H13F2NOS/c1-2-15-19-13-5-3-4-10(16(13)21-15)9-20-14-7-6-11(17)8-12(14)18/h3-8H,2,9H2,1H3. The number of thiazole rings is 1. The van der Waals surface area contributed by atoms with Gasteiger partial charge in [0, 0.05) is 11.6 Å². The van der Waals surface area contributed by atoms with Gasteiger partial charge in [-0.1, -0.05) is 19.1 Å². The van der Waals surface area contributed by atoms with Crippen molar-refractivity contribution in [2.24, 2.45) is 0 Å². The van der Waals surface area contributed by atoms with Gasteiger partial charge in [0.05, 0.1) is 15.2 Å². The summed E-state index contributed by atoms with van der Waals surface area (Å²) < 4.78 is 32.9. The van der Waals surface area contributed by atoms with Crippen LogP contribution in [0.3, 0.4) is 0 Å². The van der Waals surface area contributed by atoms with Gasteiger partial charge in [-0.25, -0.2) is 13.8 Å². The highest BCUT2D eigenvalue weighted by Gasteiger charge is 2.09. The van der Waals surface area contributed by atoms with Crippen molar-refractivity contribution in [1.29, 1.82) is 0 Å². The zero-order chi connectivity index (χ0) is 14.8. The van der Waals surface area contributed by atoms with E-state index in [9.17, 15) is 8.78 Å². The van der Waals surface area contributed by atoms with E-state index in [1.807, 2.05) is 18.2 Å². The summed E-state index contributed by atoms with van der Waals surface area (Å²) in [4.78, 5) is 4.52. The Morgan fingerprint density at radius 2 is 2.05 bits per heavy atom. The van der Waals surface area contributed by atoms with E-state index in [1.165, 1.54) is 12.1 Å². The Labute approximate surface area is 125 Å². The van der Waals surface area contributed by atoms with Gasteiger partial charge in [-0.3, -0.25) is 0 Å². The van der Waals surface area contributed by atoms with Gasteiger partial charge < -0.3 is 4.74 Å².